The average Bonchev–Trinajstić information content (AvgIpc) is 2.73. The van der Waals surface area contributed by atoms with Crippen LogP contribution in [-0.2, 0) is 6.54 Å². The van der Waals surface area contributed by atoms with Crippen molar-refractivity contribution < 1.29 is 4.39 Å². The van der Waals surface area contributed by atoms with Crippen molar-refractivity contribution in [2.75, 3.05) is 0 Å². The van der Waals surface area contributed by atoms with Crippen molar-refractivity contribution in [3.05, 3.63) is 35.1 Å². The normalized spacial score (nSPS) is 18.2. The van der Waals surface area contributed by atoms with Crippen molar-refractivity contribution in [1.82, 2.24) is 5.32 Å². The molecule has 0 aromatic heterocycles. The Morgan fingerprint density at radius 2 is 1.95 bits per heavy atom. The van der Waals surface area contributed by atoms with Crippen LogP contribution in [0.2, 0.25) is 0 Å². The van der Waals surface area contributed by atoms with E-state index in [9.17, 15) is 4.39 Å². The summed E-state index contributed by atoms with van der Waals surface area (Å²) in [6.45, 7) is 2.85. The third-order valence-corrected chi connectivity index (χ3v) is 4.32. The summed E-state index contributed by atoms with van der Waals surface area (Å²) in [5.41, 5.74) is 1.24. The van der Waals surface area contributed by atoms with Gasteiger partial charge in [-0.2, -0.15) is 5.26 Å². The third-order valence-electron chi connectivity index (χ3n) is 4.32. The lowest BCUT2D eigenvalue weighted by Crippen LogP contribution is -2.33. The molecule has 0 amide bonds. The van der Waals surface area contributed by atoms with E-state index < -0.39 is 0 Å². The van der Waals surface area contributed by atoms with Gasteiger partial charge in [0.25, 0.3) is 0 Å². The van der Waals surface area contributed by atoms with Crippen molar-refractivity contribution >= 4 is 0 Å². The molecular formula is C17H23FN2. The second-order valence-electron chi connectivity index (χ2n) is 5.88. The molecule has 108 valence electrons. The van der Waals surface area contributed by atoms with Crippen LogP contribution in [0.4, 0.5) is 4.39 Å². The molecule has 1 aromatic carbocycles. The monoisotopic (exact) mass is 274 g/mol. The van der Waals surface area contributed by atoms with Crippen molar-refractivity contribution in [2.45, 2.75) is 58.0 Å². The number of nitrogens with one attached hydrogen (secondary N) is 1. The van der Waals surface area contributed by atoms with Crippen molar-refractivity contribution in [3.8, 4) is 6.07 Å². The summed E-state index contributed by atoms with van der Waals surface area (Å²) >= 11 is 0. The van der Waals surface area contributed by atoms with E-state index in [-0.39, 0.29) is 5.82 Å². The second-order valence-corrected chi connectivity index (χ2v) is 5.88. The van der Waals surface area contributed by atoms with Gasteiger partial charge in [0, 0.05) is 12.6 Å². The standard InChI is InChI=1S/C17H23FN2/c1-13(16-6-4-2-3-5-7-16)20-12-15-8-14(11-19)9-17(18)10-15/h8-10,13,16,20H,2-7,12H2,1H3/t13-/m1/s1. The number of rotatable bonds is 4. The first-order valence-corrected chi connectivity index (χ1v) is 7.62. The van der Waals surface area contributed by atoms with Crippen molar-refractivity contribution in [2.24, 2.45) is 5.92 Å². The molecule has 0 unspecified atom stereocenters. The Balaban J connectivity index is 1.90. The summed E-state index contributed by atoms with van der Waals surface area (Å²) < 4.78 is 13.4. The highest BCUT2D eigenvalue weighted by atomic mass is 19.1. The highest BCUT2D eigenvalue weighted by molar-refractivity contribution is 5.33. The fourth-order valence-electron chi connectivity index (χ4n) is 3.07. The lowest BCUT2D eigenvalue weighted by molar-refractivity contribution is 0.336. The van der Waals surface area contributed by atoms with Gasteiger partial charge >= 0.3 is 0 Å². The van der Waals surface area contributed by atoms with Gasteiger partial charge in [-0.15, -0.1) is 0 Å². The highest BCUT2D eigenvalue weighted by Gasteiger charge is 2.18. The van der Waals surface area contributed by atoms with Gasteiger partial charge in [-0.3, -0.25) is 0 Å². The molecule has 0 bridgehead atoms. The summed E-state index contributed by atoms with van der Waals surface area (Å²) in [6, 6.07) is 6.99. The Kier molecular flexibility index (Phi) is 5.55. The van der Waals surface area contributed by atoms with E-state index in [1.807, 2.05) is 6.07 Å². The van der Waals surface area contributed by atoms with Crippen LogP contribution in [0, 0.1) is 23.1 Å². The van der Waals surface area contributed by atoms with Gasteiger partial charge < -0.3 is 5.32 Å². The molecule has 0 spiro atoms. The third kappa shape index (κ3) is 4.31. The summed E-state index contributed by atoms with van der Waals surface area (Å²) in [7, 11) is 0. The molecule has 3 heteroatoms. The largest absolute Gasteiger partial charge is 0.310 e. The SMILES string of the molecule is C[C@@H](NCc1cc(F)cc(C#N)c1)C1CCCCCC1. The van der Waals surface area contributed by atoms with Crippen LogP contribution in [0.5, 0.6) is 0 Å². The molecule has 0 radical (unpaired) electrons. The smallest absolute Gasteiger partial charge is 0.124 e. The van der Waals surface area contributed by atoms with Gasteiger partial charge in [0.1, 0.15) is 5.82 Å². The van der Waals surface area contributed by atoms with Crippen molar-refractivity contribution in [3.63, 3.8) is 0 Å². The Morgan fingerprint density at radius 1 is 1.25 bits per heavy atom. The maximum absolute atomic E-state index is 13.4. The number of hydrogen-bond donors (Lipinski definition) is 1. The predicted octanol–water partition coefficient (Wildman–Crippen LogP) is 4.15. The van der Waals surface area contributed by atoms with E-state index in [1.54, 1.807) is 6.07 Å². The van der Waals surface area contributed by atoms with Crippen LogP contribution < -0.4 is 5.32 Å². The summed E-state index contributed by atoms with van der Waals surface area (Å²) in [6.07, 6.45) is 7.96. The fraction of sp³-hybridized carbons (Fsp3) is 0.588. The minimum Gasteiger partial charge on any atom is -0.310 e. The number of nitriles is 1. The predicted molar refractivity (Wildman–Crippen MR) is 78.6 cm³/mol. The van der Waals surface area contributed by atoms with E-state index >= 15 is 0 Å². The fourth-order valence-corrected chi connectivity index (χ4v) is 3.07. The zero-order valence-corrected chi connectivity index (χ0v) is 12.2. The Labute approximate surface area is 121 Å². The Morgan fingerprint density at radius 3 is 2.60 bits per heavy atom. The zero-order chi connectivity index (χ0) is 14.4. The first-order valence-electron chi connectivity index (χ1n) is 7.62. The molecule has 1 aliphatic rings. The molecule has 1 aliphatic carbocycles. The first-order chi connectivity index (χ1) is 9.69. The topological polar surface area (TPSA) is 35.8 Å². The maximum atomic E-state index is 13.4. The molecular weight excluding hydrogens is 251 g/mol. The van der Waals surface area contributed by atoms with Crippen LogP contribution in [0.15, 0.2) is 18.2 Å². The van der Waals surface area contributed by atoms with Crippen molar-refractivity contribution in [1.29, 1.82) is 5.26 Å². The molecule has 1 N–H and O–H groups in total. The summed E-state index contributed by atoms with van der Waals surface area (Å²) in [5, 5.41) is 12.4. The molecule has 2 nitrogen and oxygen atoms in total. The minimum absolute atomic E-state index is 0.331. The van der Waals surface area contributed by atoms with Gasteiger partial charge in [-0.25, -0.2) is 4.39 Å². The summed E-state index contributed by atoms with van der Waals surface area (Å²) in [5.74, 6) is 0.393. The lowest BCUT2D eigenvalue weighted by Gasteiger charge is -2.23. The minimum atomic E-state index is -0.331. The maximum Gasteiger partial charge on any atom is 0.124 e. The van der Waals surface area contributed by atoms with E-state index in [2.05, 4.69) is 12.2 Å². The Bertz CT molecular complexity index is 470. The second kappa shape index (κ2) is 7.40. The number of hydrogen-bond acceptors (Lipinski definition) is 2. The van der Waals surface area contributed by atoms with Crippen LogP contribution in [-0.4, -0.2) is 6.04 Å². The van der Waals surface area contributed by atoms with E-state index in [0.29, 0.717) is 18.2 Å². The molecule has 2 rings (SSSR count). The molecule has 1 saturated carbocycles. The summed E-state index contributed by atoms with van der Waals surface area (Å²) in [4.78, 5) is 0. The highest BCUT2D eigenvalue weighted by Crippen LogP contribution is 2.25. The number of halogens is 1. The van der Waals surface area contributed by atoms with Gasteiger partial charge in [-0.1, -0.05) is 25.7 Å². The number of benzene rings is 1. The van der Waals surface area contributed by atoms with Crippen LogP contribution in [0.1, 0.15) is 56.6 Å². The van der Waals surface area contributed by atoms with E-state index in [1.165, 1.54) is 50.7 Å². The van der Waals surface area contributed by atoms with E-state index in [4.69, 9.17) is 5.26 Å². The van der Waals surface area contributed by atoms with Crippen LogP contribution >= 0.6 is 0 Å². The molecule has 0 aliphatic heterocycles. The first kappa shape index (κ1) is 15.0. The molecule has 0 saturated heterocycles. The van der Waals surface area contributed by atoms with E-state index in [0.717, 1.165) is 11.5 Å². The lowest BCUT2D eigenvalue weighted by atomic mass is 9.93. The average molecular weight is 274 g/mol. The molecule has 1 fully saturated rings. The quantitative estimate of drug-likeness (QED) is 0.837. The van der Waals surface area contributed by atoms with Gasteiger partial charge in [0.05, 0.1) is 11.6 Å². The zero-order valence-electron chi connectivity index (χ0n) is 12.2. The number of nitrogens with zero attached hydrogens (tertiary/aromatic N) is 1. The van der Waals surface area contributed by atoms with Crippen LogP contribution in [0.3, 0.4) is 0 Å². The van der Waals surface area contributed by atoms with Gasteiger partial charge in [0.2, 0.25) is 0 Å². The Hall–Kier alpha value is -1.40. The molecule has 1 aromatic rings. The molecule has 1 atom stereocenters. The van der Waals surface area contributed by atoms with Crippen LogP contribution in [0.25, 0.3) is 0 Å². The van der Waals surface area contributed by atoms with Gasteiger partial charge in [0.15, 0.2) is 0 Å². The molecule has 20 heavy (non-hydrogen) atoms. The molecule has 0 heterocycles. The van der Waals surface area contributed by atoms with Gasteiger partial charge in [-0.05, 0) is 49.4 Å².